The van der Waals surface area contributed by atoms with Gasteiger partial charge in [-0.05, 0) is 25.9 Å². The number of carbonyl (C=O) groups is 2. The van der Waals surface area contributed by atoms with Crippen LogP contribution in [-0.4, -0.2) is 47.8 Å². The molecule has 1 fully saturated rings. The van der Waals surface area contributed by atoms with Crippen molar-refractivity contribution >= 4 is 11.9 Å². The largest absolute Gasteiger partial charge is 0.479 e. The van der Waals surface area contributed by atoms with Crippen LogP contribution in [0.1, 0.15) is 19.3 Å². The fourth-order valence-electron chi connectivity index (χ4n) is 1.68. The summed E-state index contributed by atoms with van der Waals surface area (Å²) in [6.07, 6.45) is 0.278. The van der Waals surface area contributed by atoms with Crippen LogP contribution in [0.3, 0.4) is 0 Å². The van der Waals surface area contributed by atoms with Crippen LogP contribution < -0.4 is 10.6 Å². The normalized spacial score (nSPS) is 19.1. The van der Waals surface area contributed by atoms with E-state index in [-0.39, 0.29) is 24.8 Å². The Morgan fingerprint density at radius 3 is 2.56 bits per heavy atom. The Balaban J connectivity index is 2.16. The summed E-state index contributed by atoms with van der Waals surface area (Å²) in [4.78, 5) is 21.9. The molecular weight excluding hydrogens is 212 g/mol. The van der Waals surface area contributed by atoms with Gasteiger partial charge in [-0.2, -0.15) is 0 Å². The molecule has 1 aliphatic rings. The molecule has 6 nitrogen and oxygen atoms in total. The molecule has 0 aromatic carbocycles. The molecule has 0 bridgehead atoms. The number of aliphatic carboxylic acids is 1. The highest BCUT2D eigenvalue weighted by Crippen LogP contribution is 2.11. The second-order valence-electron chi connectivity index (χ2n) is 3.96. The minimum atomic E-state index is -1.40. The highest BCUT2D eigenvalue weighted by atomic mass is 16.4. The first kappa shape index (κ1) is 12.9. The number of hydrogen-bond acceptors (Lipinski definition) is 4. The Morgan fingerprint density at radius 1 is 1.38 bits per heavy atom. The summed E-state index contributed by atoms with van der Waals surface area (Å²) in [6.45, 7) is 1.89. The van der Waals surface area contributed by atoms with Crippen LogP contribution in [0.4, 0.5) is 0 Å². The molecule has 0 radical (unpaired) electrons. The zero-order valence-corrected chi connectivity index (χ0v) is 9.11. The van der Waals surface area contributed by atoms with Crippen LogP contribution in [0.2, 0.25) is 0 Å². The van der Waals surface area contributed by atoms with Crippen molar-refractivity contribution in [3.8, 4) is 0 Å². The molecule has 0 spiro atoms. The van der Waals surface area contributed by atoms with E-state index in [0.717, 1.165) is 25.9 Å². The molecule has 1 atom stereocenters. The lowest BCUT2D eigenvalue weighted by Crippen LogP contribution is -2.39. The van der Waals surface area contributed by atoms with E-state index < -0.39 is 12.1 Å². The monoisotopic (exact) mass is 230 g/mol. The SMILES string of the molecule is O=C(O)C(O)CCNC(=O)C1CCNCC1. The summed E-state index contributed by atoms with van der Waals surface area (Å²) in [5.74, 6) is -1.28. The number of carboxylic acid groups (broad SMARTS) is 1. The molecule has 16 heavy (non-hydrogen) atoms. The Morgan fingerprint density at radius 2 is 2.00 bits per heavy atom. The van der Waals surface area contributed by atoms with Crippen molar-refractivity contribution in [2.24, 2.45) is 5.92 Å². The molecule has 1 unspecified atom stereocenters. The molecule has 0 aromatic heterocycles. The summed E-state index contributed by atoms with van der Waals surface area (Å²) in [5.41, 5.74) is 0. The fourth-order valence-corrected chi connectivity index (χ4v) is 1.68. The van der Waals surface area contributed by atoms with E-state index in [9.17, 15) is 9.59 Å². The standard InChI is InChI=1S/C10H18N2O4/c13-8(10(15)16)3-6-12-9(14)7-1-4-11-5-2-7/h7-8,11,13H,1-6H2,(H,12,14)(H,15,16). The van der Waals surface area contributed by atoms with E-state index in [1.165, 1.54) is 0 Å². The van der Waals surface area contributed by atoms with Crippen molar-refractivity contribution < 1.29 is 19.8 Å². The maximum absolute atomic E-state index is 11.6. The Bertz CT molecular complexity index is 251. The predicted octanol–water partition coefficient (Wildman–Crippen LogP) is -1.06. The van der Waals surface area contributed by atoms with Gasteiger partial charge in [0.05, 0.1) is 0 Å². The second kappa shape index (κ2) is 6.44. The molecule has 1 heterocycles. The number of carbonyl (C=O) groups excluding carboxylic acids is 1. The van der Waals surface area contributed by atoms with Crippen LogP contribution in [0.25, 0.3) is 0 Å². The van der Waals surface area contributed by atoms with E-state index in [2.05, 4.69) is 10.6 Å². The molecule has 1 rings (SSSR count). The van der Waals surface area contributed by atoms with Gasteiger partial charge < -0.3 is 20.8 Å². The van der Waals surface area contributed by atoms with Crippen molar-refractivity contribution in [3.05, 3.63) is 0 Å². The number of rotatable bonds is 5. The van der Waals surface area contributed by atoms with Gasteiger partial charge in [0, 0.05) is 18.9 Å². The van der Waals surface area contributed by atoms with E-state index in [0.29, 0.717) is 0 Å². The number of hydrogen-bond donors (Lipinski definition) is 4. The Kier molecular flexibility index (Phi) is 5.21. The predicted molar refractivity (Wildman–Crippen MR) is 56.9 cm³/mol. The smallest absolute Gasteiger partial charge is 0.332 e. The summed E-state index contributed by atoms with van der Waals surface area (Å²) >= 11 is 0. The van der Waals surface area contributed by atoms with Gasteiger partial charge in [-0.3, -0.25) is 4.79 Å². The van der Waals surface area contributed by atoms with Crippen molar-refractivity contribution in [2.45, 2.75) is 25.4 Å². The van der Waals surface area contributed by atoms with Gasteiger partial charge >= 0.3 is 5.97 Å². The van der Waals surface area contributed by atoms with Gasteiger partial charge in [-0.1, -0.05) is 0 Å². The Hall–Kier alpha value is -1.14. The van der Waals surface area contributed by atoms with Crippen LogP contribution in [0.5, 0.6) is 0 Å². The topological polar surface area (TPSA) is 98.7 Å². The fraction of sp³-hybridized carbons (Fsp3) is 0.800. The highest BCUT2D eigenvalue weighted by Gasteiger charge is 2.21. The summed E-state index contributed by atoms with van der Waals surface area (Å²) in [5, 5.41) is 23.2. The van der Waals surface area contributed by atoms with E-state index in [1.54, 1.807) is 0 Å². The molecule has 6 heteroatoms. The minimum Gasteiger partial charge on any atom is -0.479 e. The third-order valence-electron chi connectivity index (χ3n) is 2.71. The van der Waals surface area contributed by atoms with Crippen molar-refractivity contribution in [1.82, 2.24) is 10.6 Å². The molecule has 1 aliphatic heterocycles. The first-order chi connectivity index (χ1) is 7.61. The molecule has 0 saturated carbocycles. The lowest BCUT2D eigenvalue weighted by Gasteiger charge is -2.21. The van der Waals surface area contributed by atoms with Gasteiger partial charge in [0.1, 0.15) is 0 Å². The molecule has 4 N–H and O–H groups in total. The van der Waals surface area contributed by atoms with E-state index >= 15 is 0 Å². The first-order valence-corrected chi connectivity index (χ1v) is 5.50. The third kappa shape index (κ3) is 4.16. The van der Waals surface area contributed by atoms with Crippen LogP contribution in [0.15, 0.2) is 0 Å². The van der Waals surface area contributed by atoms with Crippen molar-refractivity contribution in [1.29, 1.82) is 0 Å². The summed E-state index contributed by atoms with van der Waals surface area (Å²) < 4.78 is 0. The summed E-state index contributed by atoms with van der Waals surface area (Å²) in [7, 11) is 0. The lowest BCUT2D eigenvalue weighted by molar-refractivity contribution is -0.147. The molecule has 1 amide bonds. The maximum atomic E-state index is 11.6. The van der Waals surface area contributed by atoms with Gasteiger partial charge in [0.2, 0.25) is 5.91 Å². The number of amides is 1. The first-order valence-electron chi connectivity index (χ1n) is 5.50. The van der Waals surface area contributed by atoms with Crippen molar-refractivity contribution in [2.75, 3.05) is 19.6 Å². The molecule has 1 saturated heterocycles. The van der Waals surface area contributed by atoms with Gasteiger partial charge in [0.15, 0.2) is 6.10 Å². The average molecular weight is 230 g/mol. The molecule has 0 aromatic rings. The lowest BCUT2D eigenvalue weighted by atomic mass is 9.97. The number of carboxylic acids is 1. The van der Waals surface area contributed by atoms with Crippen molar-refractivity contribution in [3.63, 3.8) is 0 Å². The zero-order chi connectivity index (χ0) is 12.0. The highest BCUT2D eigenvalue weighted by molar-refractivity contribution is 5.78. The van der Waals surface area contributed by atoms with Gasteiger partial charge in [0.25, 0.3) is 0 Å². The van der Waals surface area contributed by atoms with Crippen LogP contribution >= 0.6 is 0 Å². The zero-order valence-electron chi connectivity index (χ0n) is 9.11. The minimum absolute atomic E-state index is 0.0169. The molecular formula is C10H18N2O4. The molecule has 92 valence electrons. The number of aliphatic hydroxyl groups excluding tert-OH is 1. The number of nitrogens with one attached hydrogen (secondary N) is 2. The van der Waals surface area contributed by atoms with Gasteiger partial charge in [-0.15, -0.1) is 0 Å². The third-order valence-corrected chi connectivity index (χ3v) is 2.71. The van der Waals surface area contributed by atoms with E-state index in [1.807, 2.05) is 0 Å². The van der Waals surface area contributed by atoms with Gasteiger partial charge in [-0.25, -0.2) is 4.79 Å². The summed E-state index contributed by atoms with van der Waals surface area (Å²) in [6, 6.07) is 0. The number of aliphatic hydroxyl groups is 1. The Labute approximate surface area is 94.0 Å². The second-order valence-corrected chi connectivity index (χ2v) is 3.96. The average Bonchev–Trinajstić information content (AvgIpc) is 2.29. The molecule has 0 aliphatic carbocycles. The maximum Gasteiger partial charge on any atom is 0.332 e. The van der Waals surface area contributed by atoms with Crippen LogP contribution in [-0.2, 0) is 9.59 Å². The quantitative estimate of drug-likeness (QED) is 0.482. The van der Waals surface area contributed by atoms with Crippen LogP contribution in [0, 0.1) is 5.92 Å². The number of piperidine rings is 1. The van der Waals surface area contributed by atoms with E-state index in [4.69, 9.17) is 10.2 Å².